The lowest BCUT2D eigenvalue weighted by Gasteiger charge is -2.25. The molecule has 0 aliphatic rings. The molecule has 0 fully saturated rings. The number of carbonyl (C=O) groups is 1. The molecule has 0 saturated carbocycles. The number of hydrogen-bond donors (Lipinski definition) is 1. The van der Waals surface area contributed by atoms with Gasteiger partial charge in [0.2, 0.25) is 5.91 Å². The van der Waals surface area contributed by atoms with Gasteiger partial charge in [-0.3, -0.25) is 9.10 Å². The van der Waals surface area contributed by atoms with Crippen LogP contribution in [0.4, 0.5) is 5.69 Å². The third-order valence-corrected chi connectivity index (χ3v) is 7.28. The molecule has 0 spiro atoms. The second-order valence-electron chi connectivity index (χ2n) is 7.67. The van der Waals surface area contributed by atoms with Crippen LogP contribution in [0, 0.1) is 6.92 Å². The molecule has 34 heavy (non-hydrogen) atoms. The van der Waals surface area contributed by atoms with Gasteiger partial charge in [-0.15, -0.1) is 0 Å². The van der Waals surface area contributed by atoms with E-state index in [1.165, 1.54) is 12.1 Å². The number of rotatable bonds is 8. The molecule has 0 aliphatic heterocycles. The highest BCUT2D eigenvalue weighted by atomic mass is 35.5. The van der Waals surface area contributed by atoms with Crippen molar-refractivity contribution in [2.45, 2.75) is 18.4 Å². The molecule has 1 aromatic heterocycles. The van der Waals surface area contributed by atoms with E-state index < -0.39 is 15.9 Å². The zero-order valence-electron chi connectivity index (χ0n) is 18.4. The molecule has 0 saturated heterocycles. The quantitative estimate of drug-likeness (QED) is 0.395. The monoisotopic (exact) mass is 494 g/mol. The molecule has 0 unspecified atom stereocenters. The zero-order valence-corrected chi connectivity index (χ0v) is 20.0. The molecule has 174 valence electrons. The Bertz CT molecular complexity index is 1370. The lowest BCUT2D eigenvalue weighted by atomic mass is 10.2. The first-order valence-electron chi connectivity index (χ1n) is 10.5. The number of imidazole rings is 1. The highest BCUT2D eigenvalue weighted by Gasteiger charge is 2.28. The number of amides is 1. The van der Waals surface area contributed by atoms with Crippen molar-refractivity contribution >= 4 is 33.2 Å². The number of aryl methyl sites for hydroxylation is 1. The molecular weight excluding hydrogens is 472 g/mol. The second kappa shape index (κ2) is 10.1. The van der Waals surface area contributed by atoms with Crippen LogP contribution in [0.5, 0.6) is 0 Å². The van der Waals surface area contributed by atoms with Crippen LogP contribution in [-0.4, -0.2) is 30.4 Å². The fourth-order valence-corrected chi connectivity index (χ4v) is 5.24. The summed E-state index contributed by atoms with van der Waals surface area (Å²) in [6.45, 7) is 1.66. The van der Waals surface area contributed by atoms with Crippen molar-refractivity contribution in [3.63, 3.8) is 0 Å². The molecule has 0 radical (unpaired) electrons. The van der Waals surface area contributed by atoms with E-state index in [9.17, 15) is 13.2 Å². The summed E-state index contributed by atoms with van der Waals surface area (Å²) in [4.78, 5) is 17.0. The van der Waals surface area contributed by atoms with Gasteiger partial charge < -0.3 is 9.88 Å². The molecule has 0 atom stereocenters. The maximum atomic E-state index is 13.4. The predicted octanol–water partition coefficient (Wildman–Crippen LogP) is 4.35. The highest BCUT2D eigenvalue weighted by Crippen LogP contribution is 2.28. The van der Waals surface area contributed by atoms with Crippen molar-refractivity contribution in [2.75, 3.05) is 10.8 Å². The molecule has 4 rings (SSSR count). The molecule has 1 heterocycles. The smallest absolute Gasteiger partial charge is 0.264 e. The van der Waals surface area contributed by atoms with Crippen LogP contribution in [0.3, 0.4) is 0 Å². The molecule has 7 nitrogen and oxygen atoms in total. The van der Waals surface area contributed by atoms with Crippen molar-refractivity contribution in [1.29, 1.82) is 0 Å². The number of nitrogens with one attached hydrogen (secondary N) is 1. The van der Waals surface area contributed by atoms with Gasteiger partial charge in [0, 0.05) is 29.6 Å². The van der Waals surface area contributed by atoms with E-state index in [2.05, 4.69) is 10.3 Å². The number of anilines is 1. The standard InChI is InChI=1S/C25H23ClN4O3S/c1-19-15-21(26)9-12-24(19)30(34(32,33)23-5-3-2-4-6-23)17-25(31)28-16-20-7-10-22(11-8-20)29-14-13-27-18-29/h2-15,18H,16-17H2,1H3,(H,28,31). The third kappa shape index (κ3) is 5.30. The van der Waals surface area contributed by atoms with Crippen molar-refractivity contribution in [3.05, 3.63) is 108 Å². The average molecular weight is 495 g/mol. The number of sulfonamides is 1. The summed E-state index contributed by atoms with van der Waals surface area (Å²) in [5.41, 5.74) is 2.88. The summed E-state index contributed by atoms with van der Waals surface area (Å²) in [6, 6.07) is 20.6. The van der Waals surface area contributed by atoms with Gasteiger partial charge in [-0.2, -0.15) is 0 Å². The maximum absolute atomic E-state index is 13.4. The fraction of sp³-hybridized carbons (Fsp3) is 0.120. The largest absolute Gasteiger partial charge is 0.350 e. The minimum Gasteiger partial charge on any atom is -0.350 e. The van der Waals surface area contributed by atoms with Crippen LogP contribution in [0.1, 0.15) is 11.1 Å². The summed E-state index contributed by atoms with van der Waals surface area (Å²) in [7, 11) is -3.98. The second-order valence-corrected chi connectivity index (χ2v) is 9.97. The third-order valence-electron chi connectivity index (χ3n) is 5.27. The van der Waals surface area contributed by atoms with E-state index in [1.54, 1.807) is 55.8 Å². The van der Waals surface area contributed by atoms with Gasteiger partial charge >= 0.3 is 0 Å². The van der Waals surface area contributed by atoms with E-state index in [0.29, 0.717) is 16.3 Å². The van der Waals surface area contributed by atoms with Crippen molar-refractivity contribution in [2.24, 2.45) is 0 Å². The van der Waals surface area contributed by atoms with Gasteiger partial charge in [-0.1, -0.05) is 41.9 Å². The lowest BCUT2D eigenvalue weighted by Crippen LogP contribution is -2.41. The van der Waals surface area contributed by atoms with E-state index in [4.69, 9.17) is 11.6 Å². The molecule has 0 aliphatic carbocycles. The predicted molar refractivity (Wildman–Crippen MR) is 133 cm³/mol. The first-order chi connectivity index (χ1) is 16.3. The number of halogens is 1. The Morgan fingerprint density at radius 2 is 1.79 bits per heavy atom. The van der Waals surface area contributed by atoms with Crippen LogP contribution in [0.25, 0.3) is 5.69 Å². The fourth-order valence-electron chi connectivity index (χ4n) is 3.50. The van der Waals surface area contributed by atoms with Gasteiger partial charge in [-0.25, -0.2) is 13.4 Å². The van der Waals surface area contributed by atoms with E-state index in [-0.39, 0.29) is 18.0 Å². The molecular formula is C25H23ClN4O3S. The Kier molecular flexibility index (Phi) is 7.00. The lowest BCUT2D eigenvalue weighted by molar-refractivity contribution is -0.119. The SMILES string of the molecule is Cc1cc(Cl)ccc1N(CC(=O)NCc1ccc(-n2ccnc2)cc1)S(=O)(=O)c1ccccc1. The molecule has 9 heteroatoms. The molecule has 4 aromatic rings. The van der Waals surface area contributed by atoms with Gasteiger partial charge in [0.25, 0.3) is 10.0 Å². The number of carbonyl (C=O) groups excluding carboxylic acids is 1. The average Bonchev–Trinajstić information content (AvgIpc) is 3.38. The first-order valence-corrected chi connectivity index (χ1v) is 12.3. The summed E-state index contributed by atoms with van der Waals surface area (Å²) < 4.78 is 29.9. The summed E-state index contributed by atoms with van der Waals surface area (Å²) in [6.07, 6.45) is 5.25. The Morgan fingerprint density at radius 1 is 1.06 bits per heavy atom. The van der Waals surface area contributed by atoms with E-state index >= 15 is 0 Å². The maximum Gasteiger partial charge on any atom is 0.264 e. The Morgan fingerprint density at radius 3 is 2.44 bits per heavy atom. The van der Waals surface area contributed by atoms with Gasteiger partial charge in [-0.05, 0) is 60.5 Å². The van der Waals surface area contributed by atoms with Gasteiger partial charge in [0.15, 0.2) is 0 Å². The van der Waals surface area contributed by atoms with Crippen LogP contribution in [0.2, 0.25) is 5.02 Å². The number of nitrogens with zero attached hydrogens (tertiary/aromatic N) is 3. The minimum atomic E-state index is -3.98. The number of hydrogen-bond acceptors (Lipinski definition) is 4. The zero-order chi connectivity index (χ0) is 24.1. The normalized spacial score (nSPS) is 11.2. The van der Waals surface area contributed by atoms with Crippen molar-refractivity contribution in [1.82, 2.24) is 14.9 Å². The Balaban J connectivity index is 1.52. The summed E-state index contributed by atoms with van der Waals surface area (Å²) in [5, 5.41) is 3.31. The van der Waals surface area contributed by atoms with Crippen LogP contribution in [-0.2, 0) is 21.4 Å². The summed E-state index contributed by atoms with van der Waals surface area (Å²) in [5.74, 6) is -0.424. The molecule has 0 bridgehead atoms. The molecule has 1 amide bonds. The summed E-state index contributed by atoms with van der Waals surface area (Å²) >= 11 is 6.07. The van der Waals surface area contributed by atoms with E-state index in [0.717, 1.165) is 15.6 Å². The van der Waals surface area contributed by atoms with Gasteiger partial charge in [0.05, 0.1) is 16.9 Å². The van der Waals surface area contributed by atoms with Crippen LogP contribution >= 0.6 is 11.6 Å². The van der Waals surface area contributed by atoms with Crippen LogP contribution < -0.4 is 9.62 Å². The number of aromatic nitrogens is 2. The topological polar surface area (TPSA) is 84.3 Å². The van der Waals surface area contributed by atoms with Crippen LogP contribution in [0.15, 0.2) is 96.4 Å². The Labute approximate surface area is 203 Å². The van der Waals surface area contributed by atoms with Gasteiger partial charge in [0.1, 0.15) is 6.54 Å². The van der Waals surface area contributed by atoms with Crippen molar-refractivity contribution < 1.29 is 13.2 Å². The van der Waals surface area contributed by atoms with E-state index in [1.807, 2.05) is 35.0 Å². The number of benzene rings is 3. The molecule has 1 N–H and O–H groups in total. The molecule has 3 aromatic carbocycles. The Hall–Kier alpha value is -3.62. The van der Waals surface area contributed by atoms with Crippen molar-refractivity contribution in [3.8, 4) is 5.69 Å². The highest BCUT2D eigenvalue weighted by molar-refractivity contribution is 7.92. The minimum absolute atomic E-state index is 0.104. The first kappa shape index (κ1) is 23.5.